The summed E-state index contributed by atoms with van der Waals surface area (Å²) in [5.74, 6) is 1.24. The molecule has 0 radical (unpaired) electrons. The van der Waals surface area contributed by atoms with Gasteiger partial charge in [0.25, 0.3) is 0 Å². The Hall–Kier alpha value is -1.71. The van der Waals surface area contributed by atoms with E-state index in [4.69, 9.17) is 14.2 Å². The van der Waals surface area contributed by atoms with E-state index in [9.17, 15) is 4.79 Å². The Morgan fingerprint density at radius 2 is 2.00 bits per heavy atom. The molecule has 1 aliphatic carbocycles. The van der Waals surface area contributed by atoms with Gasteiger partial charge in [-0.2, -0.15) is 0 Å². The van der Waals surface area contributed by atoms with E-state index in [1.807, 2.05) is 0 Å². The van der Waals surface area contributed by atoms with Crippen LogP contribution in [0.5, 0.6) is 11.5 Å². The van der Waals surface area contributed by atoms with Gasteiger partial charge < -0.3 is 14.2 Å². The molecule has 0 saturated heterocycles. The third kappa shape index (κ3) is 3.19. The number of carbonyl (C=O) groups excluding carboxylic acids is 1. The highest BCUT2D eigenvalue weighted by Gasteiger charge is 2.21. The first-order chi connectivity index (χ1) is 9.26. The predicted molar refractivity (Wildman–Crippen MR) is 71.8 cm³/mol. The fourth-order valence-electron chi connectivity index (χ4n) is 2.47. The van der Waals surface area contributed by atoms with E-state index in [1.54, 1.807) is 25.3 Å². The molecule has 19 heavy (non-hydrogen) atoms. The van der Waals surface area contributed by atoms with Crippen molar-refractivity contribution in [1.82, 2.24) is 0 Å². The van der Waals surface area contributed by atoms with Crippen LogP contribution in [0.3, 0.4) is 0 Å². The van der Waals surface area contributed by atoms with Gasteiger partial charge in [0, 0.05) is 0 Å². The second kappa shape index (κ2) is 6.45. The summed E-state index contributed by atoms with van der Waals surface area (Å²) in [6, 6.07) is 5.24. The number of benzene rings is 1. The van der Waals surface area contributed by atoms with Gasteiger partial charge in [-0.25, -0.2) is 4.79 Å². The fraction of sp³-hybridized carbons (Fsp3) is 0.533. The number of para-hydroxylation sites is 1. The minimum Gasteiger partial charge on any atom is -0.493 e. The molecule has 1 aliphatic rings. The third-order valence-corrected chi connectivity index (χ3v) is 3.54. The molecule has 0 atom stereocenters. The van der Waals surface area contributed by atoms with Crippen molar-refractivity contribution in [1.29, 1.82) is 0 Å². The van der Waals surface area contributed by atoms with E-state index in [0.29, 0.717) is 29.6 Å². The van der Waals surface area contributed by atoms with Crippen LogP contribution in [-0.2, 0) is 4.74 Å². The van der Waals surface area contributed by atoms with E-state index >= 15 is 0 Å². The molecule has 1 aromatic carbocycles. The summed E-state index contributed by atoms with van der Waals surface area (Å²) in [4.78, 5) is 11.7. The van der Waals surface area contributed by atoms with Crippen LogP contribution < -0.4 is 9.47 Å². The Labute approximate surface area is 113 Å². The molecule has 0 N–H and O–H groups in total. The summed E-state index contributed by atoms with van der Waals surface area (Å²) in [5.41, 5.74) is 0.417. The van der Waals surface area contributed by atoms with Crippen molar-refractivity contribution in [2.45, 2.75) is 25.7 Å². The Morgan fingerprint density at radius 3 is 2.63 bits per heavy atom. The lowest BCUT2D eigenvalue weighted by Gasteiger charge is -2.16. The molecule has 0 aliphatic heterocycles. The van der Waals surface area contributed by atoms with Crippen LogP contribution in [0.4, 0.5) is 0 Å². The van der Waals surface area contributed by atoms with Gasteiger partial charge in [-0.15, -0.1) is 0 Å². The number of esters is 1. The fourth-order valence-corrected chi connectivity index (χ4v) is 2.47. The minimum atomic E-state index is -0.402. The van der Waals surface area contributed by atoms with Gasteiger partial charge in [0.15, 0.2) is 11.5 Å². The number of methoxy groups -OCH3 is 2. The molecule has 0 aromatic heterocycles. The van der Waals surface area contributed by atoms with Crippen molar-refractivity contribution >= 4 is 5.97 Å². The molecule has 0 bridgehead atoms. The Balaban J connectivity index is 2.17. The molecule has 4 nitrogen and oxygen atoms in total. The van der Waals surface area contributed by atoms with Crippen LogP contribution in [0.25, 0.3) is 0 Å². The standard InChI is InChI=1S/C15H20O4/c1-17-13-9-5-8-12(15(16)18-2)14(13)19-10-11-6-3-4-7-11/h5,8-9,11H,3-4,6-7,10H2,1-2H3. The van der Waals surface area contributed by atoms with E-state index in [1.165, 1.54) is 32.8 Å². The molecule has 0 spiro atoms. The minimum absolute atomic E-state index is 0.402. The Kier molecular flexibility index (Phi) is 4.66. The molecule has 1 fully saturated rings. The SMILES string of the molecule is COC(=O)c1cccc(OC)c1OCC1CCCC1. The van der Waals surface area contributed by atoms with Gasteiger partial charge in [-0.05, 0) is 30.9 Å². The molecule has 1 aromatic rings. The van der Waals surface area contributed by atoms with Crippen molar-refractivity contribution in [3.8, 4) is 11.5 Å². The normalized spacial score (nSPS) is 15.3. The van der Waals surface area contributed by atoms with Crippen LogP contribution >= 0.6 is 0 Å². The maximum atomic E-state index is 11.7. The third-order valence-electron chi connectivity index (χ3n) is 3.54. The summed E-state index contributed by atoms with van der Waals surface area (Å²) in [6.07, 6.45) is 4.93. The second-order valence-electron chi connectivity index (χ2n) is 4.79. The van der Waals surface area contributed by atoms with Crippen molar-refractivity contribution in [3.63, 3.8) is 0 Å². The molecular weight excluding hydrogens is 244 g/mol. The highest BCUT2D eigenvalue weighted by atomic mass is 16.5. The van der Waals surface area contributed by atoms with Gasteiger partial charge >= 0.3 is 5.97 Å². The zero-order chi connectivity index (χ0) is 13.7. The first kappa shape index (κ1) is 13.7. The summed E-state index contributed by atoms with van der Waals surface area (Å²) in [6.45, 7) is 0.629. The van der Waals surface area contributed by atoms with Crippen molar-refractivity contribution < 1.29 is 19.0 Å². The summed E-state index contributed by atoms with van der Waals surface area (Å²) in [5, 5.41) is 0. The lowest BCUT2D eigenvalue weighted by Crippen LogP contribution is -2.12. The van der Waals surface area contributed by atoms with Gasteiger partial charge in [0.1, 0.15) is 5.56 Å². The second-order valence-corrected chi connectivity index (χ2v) is 4.79. The van der Waals surface area contributed by atoms with Gasteiger partial charge in [0.2, 0.25) is 0 Å². The van der Waals surface area contributed by atoms with E-state index in [0.717, 1.165) is 0 Å². The molecule has 104 valence electrons. The van der Waals surface area contributed by atoms with Gasteiger partial charge in [-0.3, -0.25) is 0 Å². The van der Waals surface area contributed by atoms with Crippen LogP contribution in [-0.4, -0.2) is 26.8 Å². The number of hydrogen-bond donors (Lipinski definition) is 0. The lowest BCUT2D eigenvalue weighted by molar-refractivity contribution is 0.0594. The number of carbonyl (C=O) groups is 1. The van der Waals surface area contributed by atoms with E-state index in [2.05, 4.69) is 0 Å². The highest BCUT2D eigenvalue weighted by molar-refractivity contribution is 5.93. The number of hydrogen-bond acceptors (Lipinski definition) is 4. The highest BCUT2D eigenvalue weighted by Crippen LogP contribution is 2.33. The molecular formula is C15H20O4. The molecule has 0 heterocycles. The van der Waals surface area contributed by atoms with E-state index < -0.39 is 5.97 Å². The largest absolute Gasteiger partial charge is 0.493 e. The van der Waals surface area contributed by atoms with Crippen LogP contribution in [0, 0.1) is 5.92 Å². The maximum Gasteiger partial charge on any atom is 0.341 e. The average Bonchev–Trinajstić information content (AvgIpc) is 2.97. The number of ether oxygens (including phenoxy) is 3. The average molecular weight is 264 g/mol. The Bertz CT molecular complexity index is 436. The quantitative estimate of drug-likeness (QED) is 0.767. The van der Waals surface area contributed by atoms with Gasteiger partial charge in [0.05, 0.1) is 20.8 Å². The molecule has 2 rings (SSSR count). The Morgan fingerprint density at radius 1 is 1.26 bits per heavy atom. The first-order valence-corrected chi connectivity index (χ1v) is 6.64. The summed E-state index contributed by atoms with van der Waals surface area (Å²) >= 11 is 0. The monoisotopic (exact) mass is 264 g/mol. The number of rotatable bonds is 5. The lowest BCUT2D eigenvalue weighted by atomic mass is 10.1. The molecule has 0 unspecified atom stereocenters. The first-order valence-electron chi connectivity index (χ1n) is 6.64. The van der Waals surface area contributed by atoms with Crippen LogP contribution in [0.15, 0.2) is 18.2 Å². The summed E-state index contributed by atoms with van der Waals surface area (Å²) < 4.78 is 15.9. The van der Waals surface area contributed by atoms with Crippen molar-refractivity contribution in [2.75, 3.05) is 20.8 Å². The molecule has 4 heteroatoms. The van der Waals surface area contributed by atoms with Crippen LogP contribution in [0.2, 0.25) is 0 Å². The zero-order valence-electron chi connectivity index (χ0n) is 11.5. The molecule has 1 saturated carbocycles. The topological polar surface area (TPSA) is 44.8 Å². The predicted octanol–water partition coefficient (Wildman–Crippen LogP) is 3.05. The molecule has 0 amide bonds. The smallest absolute Gasteiger partial charge is 0.341 e. The van der Waals surface area contributed by atoms with Gasteiger partial charge in [-0.1, -0.05) is 18.9 Å². The van der Waals surface area contributed by atoms with E-state index in [-0.39, 0.29) is 0 Å². The maximum absolute atomic E-state index is 11.7. The van der Waals surface area contributed by atoms with Crippen molar-refractivity contribution in [3.05, 3.63) is 23.8 Å². The van der Waals surface area contributed by atoms with Crippen molar-refractivity contribution in [2.24, 2.45) is 5.92 Å². The van der Waals surface area contributed by atoms with Crippen LogP contribution in [0.1, 0.15) is 36.0 Å². The zero-order valence-corrected chi connectivity index (χ0v) is 11.5. The summed E-state index contributed by atoms with van der Waals surface area (Å²) in [7, 11) is 2.93.